The molecular weight excluding hydrogens is 348 g/mol. The van der Waals surface area contributed by atoms with E-state index in [9.17, 15) is 22.7 Å². The van der Waals surface area contributed by atoms with Gasteiger partial charge in [-0.25, -0.2) is 8.78 Å². The average molecular weight is 356 g/mol. The number of fused-ring (bicyclic) bond motifs is 1. The highest BCUT2D eigenvalue weighted by atomic mass is 32.2. The zero-order valence-corrected chi connectivity index (χ0v) is 12.5. The van der Waals surface area contributed by atoms with E-state index in [2.05, 4.69) is 4.98 Å². The van der Waals surface area contributed by atoms with E-state index in [1.807, 2.05) is 6.07 Å². The van der Waals surface area contributed by atoms with Crippen molar-refractivity contribution in [2.75, 3.05) is 0 Å². The molecule has 2 aromatic rings. The minimum atomic E-state index is -3.59. The largest absolute Gasteiger partial charge is 0.455 e. The van der Waals surface area contributed by atoms with Crippen molar-refractivity contribution in [1.29, 1.82) is 5.26 Å². The van der Waals surface area contributed by atoms with Crippen molar-refractivity contribution in [2.24, 2.45) is 0 Å². The topological polar surface area (TPSA) is 66.1 Å². The van der Waals surface area contributed by atoms with Gasteiger partial charge in [-0.2, -0.15) is 14.0 Å². The predicted molar refractivity (Wildman–Crippen MR) is 76.2 cm³/mol. The number of ether oxygens (including phenoxy) is 1. The van der Waals surface area contributed by atoms with Crippen LogP contribution in [0.1, 0.15) is 29.2 Å². The maximum absolute atomic E-state index is 13.6. The Labute approximate surface area is 137 Å². The first-order valence-electron chi connectivity index (χ1n) is 6.56. The van der Waals surface area contributed by atoms with Crippen LogP contribution in [-0.2, 0) is 0 Å². The molecule has 0 saturated carbocycles. The fourth-order valence-electron chi connectivity index (χ4n) is 2.31. The first kappa shape index (κ1) is 16.5. The molecule has 1 atom stereocenters. The van der Waals surface area contributed by atoms with Crippen molar-refractivity contribution in [3.05, 3.63) is 47.3 Å². The lowest BCUT2D eigenvalue weighted by atomic mass is 10.0. The van der Waals surface area contributed by atoms with E-state index >= 15 is 0 Å². The quantitative estimate of drug-likeness (QED) is 0.825. The molecule has 0 bridgehead atoms. The molecule has 1 aliphatic rings. The van der Waals surface area contributed by atoms with E-state index < -0.39 is 28.9 Å². The van der Waals surface area contributed by atoms with Crippen LogP contribution in [0.25, 0.3) is 0 Å². The van der Waals surface area contributed by atoms with Crippen LogP contribution in [0.4, 0.5) is 17.6 Å². The average Bonchev–Trinajstić information content (AvgIpc) is 2.77. The number of hydrogen-bond acceptors (Lipinski definition) is 5. The minimum Gasteiger partial charge on any atom is -0.455 e. The van der Waals surface area contributed by atoms with Crippen molar-refractivity contribution < 1.29 is 27.4 Å². The van der Waals surface area contributed by atoms with E-state index in [0.29, 0.717) is 0 Å². The van der Waals surface area contributed by atoms with E-state index in [4.69, 9.17) is 10.00 Å². The SMILES string of the molecule is N#Cc1cncc(Oc2ccc3c(c2C(F)F)C(O)C(F)(F)S3)c1. The summed E-state index contributed by atoms with van der Waals surface area (Å²) in [6.45, 7) is 0. The van der Waals surface area contributed by atoms with Crippen LogP contribution in [0.2, 0.25) is 0 Å². The minimum absolute atomic E-state index is 0.00259. The van der Waals surface area contributed by atoms with Crippen LogP contribution >= 0.6 is 11.8 Å². The number of alkyl halides is 4. The summed E-state index contributed by atoms with van der Waals surface area (Å²) in [4.78, 5) is 3.60. The third-order valence-electron chi connectivity index (χ3n) is 3.33. The number of thioether (sulfide) groups is 1. The summed E-state index contributed by atoms with van der Waals surface area (Å²) in [6, 6.07) is 5.40. The Hall–Kier alpha value is -2.31. The van der Waals surface area contributed by atoms with Crippen molar-refractivity contribution in [1.82, 2.24) is 4.98 Å². The van der Waals surface area contributed by atoms with E-state index in [1.165, 1.54) is 24.5 Å². The number of halogens is 4. The van der Waals surface area contributed by atoms with Crippen molar-refractivity contribution >= 4 is 11.8 Å². The Bertz CT molecular complexity index is 839. The van der Waals surface area contributed by atoms with Crippen LogP contribution in [0.15, 0.2) is 35.5 Å². The molecule has 0 spiro atoms. The molecule has 1 N–H and O–H groups in total. The van der Waals surface area contributed by atoms with Gasteiger partial charge in [0.05, 0.1) is 17.3 Å². The monoisotopic (exact) mass is 356 g/mol. The number of hydrogen-bond donors (Lipinski definition) is 1. The summed E-state index contributed by atoms with van der Waals surface area (Å²) < 4.78 is 59.4. The predicted octanol–water partition coefficient (Wildman–Crippen LogP) is 4.42. The molecule has 24 heavy (non-hydrogen) atoms. The number of aliphatic hydroxyl groups excluding tert-OH is 1. The molecule has 2 heterocycles. The summed E-state index contributed by atoms with van der Waals surface area (Å²) in [5, 5.41) is 14.9. The molecule has 3 rings (SSSR count). The first-order chi connectivity index (χ1) is 11.3. The number of pyridine rings is 1. The standard InChI is InChI=1S/C15H8F4N2O2S/c16-14(17)11-9(23-8-3-7(4-20)5-21-6-8)1-2-10-12(11)13(22)15(18,19)24-10/h1-3,5-6,13-14,22H. The van der Waals surface area contributed by atoms with Crippen molar-refractivity contribution in [3.8, 4) is 17.6 Å². The maximum atomic E-state index is 13.6. The van der Waals surface area contributed by atoms with Crippen molar-refractivity contribution in [2.45, 2.75) is 22.7 Å². The normalized spacial score (nSPS) is 18.3. The van der Waals surface area contributed by atoms with Crippen LogP contribution < -0.4 is 4.74 Å². The second kappa shape index (κ2) is 5.96. The van der Waals surface area contributed by atoms with Gasteiger partial charge in [0.1, 0.15) is 17.6 Å². The fraction of sp³-hybridized carbons (Fsp3) is 0.200. The second-order valence-electron chi connectivity index (χ2n) is 4.88. The summed E-state index contributed by atoms with van der Waals surface area (Å²) >= 11 is 0.0265. The highest BCUT2D eigenvalue weighted by Gasteiger charge is 2.50. The summed E-state index contributed by atoms with van der Waals surface area (Å²) in [6.07, 6.45) is -3.03. The summed E-state index contributed by atoms with van der Waals surface area (Å²) in [5.41, 5.74) is -1.19. The van der Waals surface area contributed by atoms with Gasteiger partial charge in [0.2, 0.25) is 0 Å². The number of aliphatic hydroxyl groups is 1. The van der Waals surface area contributed by atoms with Crippen LogP contribution in [-0.4, -0.2) is 15.3 Å². The van der Waals surface area contributed by atoms with Crippen LogP contribution in [0.3, 0.4) is 0 Å². The molecule has 9 heteroatoms. The molecule has 124 valence electrons. The molecular formula is C15H8F4N2O2S. The van der Waals surface area contributed by atoms with Crippen molar-refractivity contribution in [3.63, 3.8) is 0 Å². The molecule has 0 saturated heterocycles. The van der Waals surface area contributed by atoms with Crippen LogP contribution in [0, 0.1) is 11.3 Å². The molecule has 0 aliphatic carbocycles. The first-order valence-corrected chi connectivity index (χ1v) is 7.38. The van der Waals surface area contributed by atoms with Crippen LogP contribution in [0.5, 0.6) is 11.5 Å². The molecule has 1 aromatic heterocycles. The van der Waals surface area contributed by atoms with Gasteiger partial charge < -0.3 is 9.84 Å². The van der Waals surface area contributed by atoms with E-state index in [1.54, 1.807) is 0 Å². The summed E-state index contributed by atoms with van der Waals surface area (Å²) in [7, 11) is 0. The smallest absolute Gasteiger partial charge is 0.327 e. The summed E-state index contributed by atoms with van der Waals surface area (Å²) in [5.74, 6) is -0.374. The third kappa shape index (κ3) is 2.79. The lowest BCUT2D eigenvalue weighted by Gasteiger charge is -2.17. The van der Waals surface area contributed by atoms with Gasteiger partial charge in [-0.1, -0.05) is 0 Å². The fourth-order valence-corrected chi connectivity index (χ4v) is 3.31. The molecule has 0 radical (unpaired) electrons. The molecule has 4 nitrogen and oxygen atoms in total. The van der Waals surface area contributed by atoms with Gasteiger partial charge in [-0.05, 0) is 23.9 Å². The molecule has 0 amide bonds. The number of benzene rings is 1. The van der Waals surface area contributed by atoms with Gasteiger partial charge in [-0.15, -0.1) is 0 Å². The van der Waals surface area contributed by atoms with E-state index in [0.717, 1.165) is 6.07 Å². The Balaban J connectivity index is 2.07. The Morgan fingerprint density at radius 3 is 2.75 bits per heavy atom. The number of aromatic nitrogens is 1. The molecule has 0 fully saturated rings. The van der Waals surface area contributed by atoms with Gasteiger partial charge in [0, 0.05) is 22.7 Å². The number of nitrogens with zero attached hydrogens (tertiary/aromatic N) is 2. The molecule has 1 unspecified atom stereocenters. The lowest BCUT2D eigenvalue weighted by molar-refractivity contribution is -0.0327. The lowest BCUT2D eigenvalue weighted by Crippen LogP contribution is -2.17. The number of rotatable bonds is 3. The van der Waals surface area contributed by atoms with Gasteiger partial charge in [0.15, 0.2) is 6.10 Å². The number of nitriles is 1. The van der Waals surface area contributed by atoms with E-state index in [-0.39, 0.29) is 33.7 Å². The maximum Gasteiger partial charge on any atom is 0.327 e. The third-order valence-corrected chi connectivity index (χ3v) is 4.40. The highest BCUT2D eigenvalue weighted by molar-refractivity contribution is 8.00. The van der Waals surface area contributed by atoms with Gasteiger partial charge in [0.25, 0.3) is 6.43 Å². The molecule has 1 aromatic carbocycles. The van der Waals surface area contributed by atoms with Gasteiger partial charge in [-0.3, -0.25) is 4.98 Å². The zero-order valence-electron chi connectivity index (χ0n) is 11.7. The molecule has 1 aliphatic heterocycles. The second-order valence-corrected chi connectivity index (χ2v) is 6.07. The Morgan fingerprint density at radius 1 is 1.33 bits per heavy atom. The Kier molecular flexibility index (Phi) is 4.11. The zero-order chi connectivity index (χ0) is 17.5. The highest BCUT2D eigenvalue weighted by Crippen LogP contribution is 2.57. The van der Waals surface area contributed by atoms with Gasteiger partial charge >= 0.3 is 5.25 Å². The Morgan fingerprint density at radius 2 is 2.08 bits per heavy atom.